The van der Waals surface area contributed by atoms with Gasteiger partial charge in [-0.2, -0.15) is 5.26 Å². The van der Waals surface area contributed by atoms with Crippen LogP contribution in [0.4, 0.5) is 0 Å². The lowest BCUT2D eigenvalue weighted by molar-refractivity contribution is -0.227. The molecule has 0 radical (unpaired) electrons. The number of hydrogen-bond acceptors (Lipinski definition) is 4. The summed E-state index contributed by atoms with van der Waals surface area (Å²) in [5, 5.41) is 16.8. The van der Waals surface area contributed by atoms with Crippen molar-refractivity contribution in [2.24, 2.45) is 0 Å². The van der Waals surface area contributed by atoms with Crippen LogP contribution in [0.3, 0.4) is 0 Å². The quantitative estimate of drug-likeness (QED) is 0.410. The van der Waals surface area contributed by atoms with Crippen LogP contribution in [0.15, 0.2) is 30.3 Å². The van der Waals surface area contributed by atoms with Gasteiger partial charge in [-0.25, -0.2) is 4.79 Å². The minimum Gasteiger partial charge on any atom is -0.508 e. The minimum atomic E-state index is -0.840. The molecule has 0 aromatic heterocycles. The zero-order chi connectivity index (χ0) is 9.68. The van der Waals surface area contributed by atoms with Crippen LogP contribution in [-0.4, -0.2) is 16.3 Å². The molecule has 13 heavy (non-hydrogen) atoms. The molecule has 1 rings (SSSR count). The summed E-state index contributed by atoms with van der Waals surface area (Å²) >= 11 is 0. The molecule has 0 aliphatic rings. The normalized spacial score (nSPS) is 10.2. The summed E-state index contributed by atoms with van der Waals surface area (Å²) in [5.74, 6) is -0.685. The summed E-state index contributed by atoms with van der Waals surface area (Å²) in [6.45, 7) is 0. The van der Waals surface area contributed by atoms with E-state index < -0.39 is 5.97 Å². The lowest BCUT2D eigenvalue weighted by Crippen LogP contribution is -1.93. The predicted octanol–water partition coefficient (Wildman–Crippen LogP) is 1.42. The van der Waals surface area contributed by atoms with E-state index >= 15 is 0 Å². The number of phenols is 1. The van der Waals surface area contributed by atoms with E-state index in [4.69, 9.17) is 10.4 Å². The van der Waals surface area contributed by atoms with Gasteiger partial charge in [0.25, 0.3) is 0 Å². The molecular weight excluding hydrogens is 172 g/mol. The Hall–Kier alpha value is -1.81. The maximum atomic E-state index is 10.4. The molecule has 4 nitrogen and oxygen atoms in total. The second-order valence-corrected chi connectivity index (χ2v) is 2.34. The van der Waals surface area contributed by atoms with Gasteiger partial charge in [-0.1, -0.05) is 12.1 Å². The molecule has 68 valence electrons. The number of carbonyl (C=O) groups is 1. The first-order valence-corrected chi connectivity index (χ1v) is 3.55. The van der Waals surface area contributed by atoms with Crippen molar-refractivity contribution < 1.29 is 20.0 Å². The number of benzene rings is 1. The second-order valence-electron chi connectivity index (χ2n) is 2.34. The van der Waals surface area contributed by atoms with E-state index in [0.717, 1.165) is 11.6 Å². The third-order valence-electron chi connectivity index (χ3n) is 1.39. The van der Waals surface area contributed by atoms with Gasteiger partial charge in [0.2, 0.25) is 0 Å². The predicted molar refractivity (Wildman–Crippen MR) is 45.9 cm³/mol. The van der Waals surface area contributed by atoms with E-state index in [-0.39, 0.29) is 5.75 Å². The highest BCUT2D eigenvalue weighted by molar-refractivity contribution is 5.86. The van der Waals surface area contributed by atoms with Gasteiger partial charge in [0, 0.05) is 6.08 Å². The Labute approximate surface area is 74.6 Å². The highest BCUT2D eigenvalue weighted by Gasteiger charge is 1.93. The molecule has 0 bridgehead atoms. The lowest BCUT2D eigenvalue weighted by atomic mass is 10.2. The molecule has 0 saturated heterocycles. The third-order valence-corrected chi connectivity index (χ3v) is 1.39. The minimum absolute atomic E-state index is 0.155. The maximum absolute atomic E-state index is 10.4. The molecule has 1 aromatic rings. The molecule has 0 saturated carbocycles. The van der Waals surface area contributed by atoms with E-state index in [1.807, 2.05) is 0 Å². The first-order valence-electron chi connectivity index (χ1n) is 3.55. The van der Waals surface area contributed by atoms with Crippen LogP contribution in [0, 0.1) is 0 Å². The summed E-state index contributed by atoms with van der Waals surface area (Å²) in [6, 6.07) is 6.22. The molecule has 0 unspecified atom stereocenters. The molecule has 0 heterocycles. The summed E-state index contributed by atoms with van der Waals surface area (Å²) < 4.78 is 0. The van der Waals surface area contributed by atoms with Crippen LogP contribution in [0.25, 0.3) is 6.08 Å². The van der Waals surface area contributed by atoms with Gasteiger partial charge in [-0.3, -0.25) is 4.89 Å². The highest BCUT2D eigenvalue weighted by Crippen LogP contribution is 2.10. The summed E-state index contributed by atoms with van der Waals surface area (Å²) in [7, 11) is 0. The molecule has 0 aliphatic heterocycles. The van der Waals surface area contributed by atoms with Gasteiger partial charge < -0.3 is 5.11 Å². The van der Waals surface area contributed by atoms with Gasteiger partial charge in [0.1, 0.15) is 5.75 Å². The van der Waals surface area contributed by atoms with Gasteiger partial charge in [-0.15, -0.1) is 0 Å². The first kappa shape index (κ1) is 9.28. The summed E-state index contributed by atoms with van der Waals surface area (Å²) in [5.41, 5.74) is 0.725. The number of rotatable bonds is 2. The molecule has 0 fully saturated rings. The van der Waals surface area contributed by atoms with Crippen LogP contribution in [0.1, 0.15) is 5.56 Å². The van der Waals surface area contributed by atoms with Crippen molar-refractivity contribution in [2.45, 2.75) is 0 Å². The number of aromatic hydroxyl groups is 1. The van der Waals surface area contributed by atoms with Crippen molar-refractivity contribution in [1.82, 2.24) is 0 Å². The fraction of sp³-hybridized carbons (Fsp3) is 0. The highest BCUT2D eigenvalue weighted by atomic mass is 17.1. The Morgan fingerprint density at radius 1 is 1.31 bits per heavy atom. The fourth-order valence-corrected chi connectivity index (χ4v) is 0.780. The molecule has 2 N–H and O–H groups in total. The average Bonchev–Trinajstić information content (AvgIpc) is 2.16. The first-order chi connectivity index (χ1) is 6.22. The largest absolute Gasteiger partial charge is 0.508 e. The Balaban J connectivity index is 2.69. The lowest BCUT2D eigenvalue weighted by Gasteiger charge is -1.92. The zero-order valence-corrected chi connectivity index (χ0v) is 6.68. The van der Waals surface area contributed by atoms with Crippen molar-refractivity contribution >= 4 is 12.0 Å². The van der Waals surface area contributed by atoms with Crippen molar-refractivity contribution in [3.05, 3.63) is 35.9 Å². The molecule has 0 aliphatic carbocycles. The summed E-state index contributed by atoms with van der Waals surface area (Å²) in [4.78, 5) is 13.9. The fourth-order valence-electron chi connectivity index (χ4n) is 0.780. The van der Waals surface area contributed by atoms with Crippen LogP contribution >= 0.6 is 0 Å². The Morgan fingerprint density at radius 3 is 2.46 bits per heavy atom. The molecule has 0 atom stereocenters. The van der Waals surface area contributed by atoms with Crippen LogP contribution in [-0.2, 0) is 9.68 Å². The molecule has 0 amide bonds. The zero-order valence-electron chi connectivity index (χ0n) is 6.68. The van der Waals surface area contributed by atoms with Crippen molar-refractivity contribution in [2.75, 3.05) is 0 Å². The summed E-state index contributed by atoms with van der Waals surface area (Å²) in [6.07, 6.45) is 2.53. The van der Waals surface area contributed by atoms with Crippen LogP contribution < -0.4 is 0 Å². The van der Waals surface area contributed by atoms with Gasteiger partial charge >= 0.3 is 5.97 Å². The van der Waals surface area contributed by atoms with E-state index in [1.54, 1.807) is 12.1 Å². The van der Waals surface area contributed by atoms with E-state index in [1.165, 1.54) is 18.2 Å². The number of phenolic OH excluding ortho intramolecular Hbond substituents is 1. The number of hydrogen-bond donors (Lipinski definition) is 2. The van der Waals surface area contributed by atoms with Crippen LogP contribution in [0.2, 0.25) is 0 Å². The van der Waals surface area contributed by atoms with Crippen molar-refractivity contribution in [1.29, 1.82) is 0 Å². The average molecular weight is 180 g/mol. The molecule has 0 spiro atoms. The smallest absolute Gasteiger partial charge is 0.365 e. The Kier molecular flexibility index (Phi) is 3.05. The van der Waals surface area contributed by atoms with Crippen molar-refractivity contribution in [3.8, 4) is 5.75 Å². The van der Waals surface area contributed by atoms with Crippen LogP contribution in [0.5, 0.6) is 5.75 Å². The maximum Gasteiger partial charge on any atom is 0.365 e. The molecule has 1 aromatic carbocycles. The standard InChI is InChI=1S/C9H8O4/c10-8-4-1-7(2-5-8)3-6-9(11)13-12/h1-6,10,12H. The van der Waals surface area contributed by atoms with E-state index in [9.17, 15) is 4.79 Å². The van der Waals surface area contributed by atoms with E-state index in [0.29, 0.717) is 0 Å². The number of carbonyl (C=O) groups excluding carboxylic acids is 1. The molecular formula is C9H8O4. The van der Waals surface area contributed by atoms with E-state index in [2.05, 4.69) is 4.89 Å². The topological polar surface area (TPSA) is 66.8 Å². The SMILES string of the molecule is O=C(C=Cc1ccc(O)cc1)OO. The third kappa shape index (κ3) is 2.96. The Bertz CT molecular complexity index is 313. The molecule has 4 heteroatoms. The second kappa shape index (κ2) is 4.27. The monoisotopic (exact) mass is 180 g/mol. The van der Waals surface area contributed by atoms with Gasteiger partial charge in [0.15, 0.2) is 0 Å². The van der Waals surface area contributed by atoms with Gasteiger partial charge in [-0.05, 0) is 23.8 Å². The van der Waals surface area contributed by atoms with Crippen molar-refractivity contribution in [3.63, 3.8) is 0 Å². The van der Waals surface area contributed by atoms with Gasteiger partial charge in [0.05, 0.1) is 0 Å². The Morgan fingerprint density at radius 2 is 1.92 bits per heavy atom.